The van der Waals surface area contributed by atoms with Gasteiger partial charge in [0.05, 0.1) is 4.90 Å². The predicted octanol–water partition coefficient (Wildman–Crippen LogP) is 2.12. The average Bonchev–Trinajstić information content (AvgIpc) is 2.38. The van der Waals surface area contributed by atoms with Gasteiger partial charge in [-0.3, -0.25) is 4.79 Å². The Hall–Kier alpha value is -1.98. The number of nitrogens with two attached hydrogens (primary N) is 1. The Balaban J connectivity index is 2.73. The monoisotopic (exact) mass is 275 g/mol. The molecule has 0 aliphatic heterocycles. The Morgan fingerprint density at radius 2 is 1.68 bits per heavy atom. The van der Waals surface area contributed by atoms with Gasteiger partial charge in [-0.25, -0.2) is 13.6 Å². The van der Waals surface area contributed by atoms with Crippen molar-refractivity contribution in [3.63, 3.8) is 0 Å². The Morgan fingerprint density at radius 1 is 1.05 bits per heavy atom. The molecule has 4 nitrogen and oxygen atoms in total. The van der Waals surface area contributed by atoms with Gasteiger partial charge in [0.15, 0.2) is 6.29 Å². The lowest BCUT2D eigenvalue weighted by Gasteiger charge is -2.11. The molecule has 0 amide bonds. The third-order valence-corrected chi connectivity index (χ3v) is 3.95. The number of rotatable bonds is 3. The molecular weight excluding hydrogens is 262 g/mol. The molecule has 2 aromatic carbocycles. The Labute approximate surface area is 111 Å². The summed E-state index contributed by atoms with van der Waals surface area (Å²) < 4.78 is 22.9. The van der Waals surface area contributed by atoms with Crippen LogP contribution in [0.4, 0.5) is 0 Å². The summed E-state index contributed by atoms with van der Waals surface area (Å²) >= 11 is 0. The van der Waals surface area contributed by atoms with Crippen LogP contribution in [0.15, 0.2) is 47.4 Å². The number of hydrogen-bond acceptors (Lipinski definition) is 3. The van der Waals surface area contributed by atoms with Crippen molar-refractivity contribution in [3.8, 4) is 11.1 Å². The van der Waals surface area contributed by atoms with E-state index in [0.29, 0.717) is 11.8 Å². The molecule has 0 aliphatic carbocycles. The molecule has 0 radical (unpaired) electrons. The quantitative estimate of drug-likeness (QED) is 0.872. The van der Waals surface area contributed by atoms with Crippen LogP contribution >= 0.6 is 0 Å². The van der Waals surface area contributed by atoms with Gasteiger partial charge in [-0.05, 0) is 29.7 Å². The fourth-order valence-corrected chi connectivity index (χ4v) is 2.79. The fourth-order valence-electron chi connectivity index (χ4n) is 2.03. The first-order valence-electron chi connectivity index (χ1n) is 5.62. The van der Waals surface area contributed by atoms with Crippen LogP contribution in [0.25, 0.3) is 11.1 Å². The zero-order valence-electron chi connectivity index (χ0n) is 10.3. The number of benzene rings is 2. The Morgan fingerprint density at radius 3 is 2.21 bits per heavy atom. The number of primary sulfonamides is 1. The molecule has 0 fully saturated rings. The van der Waals surface area contributed by atoms with E-state index in [1.54, 1.807) is 13.0 Å². The smallest absolute Gasteiger partial charge is 0.238 e. The van der Waals surface area contributed by atoms with Gasteiger partial charge in [-0.1, -0.05) is 36.4 Å². The lowest BCUT2D eigenvalue weighted by Crippen LogP contribution is -2.15. The second-order valence-electron chi connectivity index (χ2n) is 4.18. The van der Waals surface area contributed by atoms with Crippen molar-refractivity contribution in [2.24, 2.45) is 5.14 Å². The van der Waals surface area contributed by atoms with Crippen molar-refractivity contribution in [1.82, 2.24) is 0 Å². The molecule has 2 N–H and O–H groups in total. The summed E-state index contributed by atoms with van der Waals surface area (Å²) in [6.45, 7) is 1.71. The minimum Gasteiger partial charge on any atom is -0.298 e. The van der Waals surface area contributed by atoms with Gasteiger partial charge < -0.3 is 0 Å². The molecule has 0 atom stereocenters. The van der Waals surface area contributed by atoms with E-state index >= 15 is 0 Å². The molecule has 2 aromatic rings. The van der Waals surface area contributed by atoms with Crippen LogP contribution in [-0.4, -0.2) is 14.7 Å². The zero-order chi connectivity index (χ0) is 14.0. The van der Waals surface area contributed by atoms with E-state index in [4.69, 9.17) is 5.14 Å². The molecule has 0 unspecified atom stereocenters. The summed E-state index contributed by atoms with van der Waals surface area (Å²) in [6.07, 6.45) is 0.529. The van der Waals surface area contributed by atoms with Crippen molar-refractivity contribution < 1.29 is 13.2 Å². The molecule has 0 aromatic heterocycles. The van der Waals surface area contributed by atoms with Crippen molar-refractivity contribution >= 4 is 16.3 Å². The highest BCUT2D eigenvalue weighted by Gasteiger charge is 2.17. The van der Waals surface area contributed by atoms with Crippen LogP contribution in [0, 0.1) is 6.92 Å². The Kier molecular flexibility index (Phi) is 3.50. The first kappa shape index (κ1) is 13.5. The summed E-state index contributed by atoms with van der Waals surface area (Å²) in [4.78, 5) is 11.0. The largest absolute Gasteiger partial charge is 0.298 e. The summed E-state index contributed by atoms with van der Waals surface area (Å²) in [7, 11) is -3.90. The lowest BCUT2D eigenvalue weighted by atomic mass is 9.97. The molecule has 0 bridgehead atoms. The van der Waals surface area contributed by atoms with Gasteiger partial charge in [0, 0.05) is 5.56 Å². The molecular formula is C14H13NO3S. The standard InChI is InChI=1S/C14H13NO3S/c1-10-12(11-5-3-2-4-6-11)7-8-14(13(10)9-16)19(15,17)18/h2-9H,1H3,(H2,15,17,18). The fraction of sp³-hybridized carbons (Fsp3) is 0.0714. The van der Waals surface area contributed by atoms with Gasteiger partial charge in [-0.15, -0.1) is 0 Å². The zero-order valence-corrected chi connectivity index (χ0v) is 11.1. The van der Waals surface area contributed by atoms with Crippen molar-refractivity contribution in [2.45, 2.75) is 11.8 Å². The normalized spacial score (nSPS) is 11.3. The van der Waals surface area contributed by atoms with E-state index in [0.717, 1.165) is 11.1 Å². The van der Waals surface area contributed by atoms with E-state index in [2.05, 4.69) is 0 Å². The topological polar surface area (TPSA) is 77.2 Å². The highest BCUT2D eigenvalue weighted by atomic mass is 32.2. The molecule has 0 saturated carbocycles. The van der Waals surface area contributed by atoms with E-state index in [1.165, 1.54) is 6.07 Å². The molecule has 0 spiro atoms. The maximum atomic E-state index is 11.4. The number of aldehydes is 1. The van der Waals surface area contributed by atoms with Crippen LogP contribution in [-0.2, 0) is 10.0 Å². The molecule has 0 heterocycles. The van der Waals surface area contributed by atoms with Gasteiger partial charge in [0.2, 0.25) is 10.0 Å². The molecule has 19 heavy (non-hydrogen) atoms. The number of hydrogen-bond donors (Lipinski definition) is 1. The van der Waals surface area contributed by atoms with Crippen LogP contribution in [0.5, 0.6) is 0 Å². The van der Waals surface area contributed by atoms with Crippen LogP contribution in [0.1, 0.15) is 15.9 Å². The lowest BCUT2D eigenvalue weighted by molar-refractivity contribution is 0.112. The summed E-state index contributed by atoms with van der Waals surface area (Å²) in [5.74, 6) is 0. The third kappa shape index (κ3) is 2.57. The van der Waals surface area contributed by atoms with Gasteiger partial charge >= 0.3 is 0 Å². The minimum absolute atomic E-state index is 0.115. The van der Waals surface area contributed by atoms with E-state index in [-0.39, 0.29) is 10.5 Å². The second kappa shape index (κ2) is 4.95. The highest BCUT2D eigenvalue weighted by Crippen LogP contribution is 2.28. The van der Waals surface area contributed by atoms with Crippen molar-refractivity contribution in [3.05, 3.63) is 53.6 Å². The highest BCUT2D eigenvalue weighted by molar-refractivity contribution is 7.89. The third-order valence-electron chi connectivity index (χ3n) is 2.98. The van der Waals surface area contributed by atoms with Crippen LogP contribution in [0.2, 0.25) is 0 Å². The number of carbonyl (C=O) groups is 1. The van der Waals surface area contributed by atoms with E-state index < -0.39 is 10.0 Å². The Bertz CT molecular complexity index is 722. The van der Waals surface area contributed by atoms with Crippen LogP contribution < -0.4 is 5.14 Å². The summed E-state index contributed by atoms with van der Waals surface area (Å²) in [5.41, 5.74) is 2.45. The van der Waals surface area contributed by atoms with E-state index in [1.807, 2.05) is 30.3 Å². The van der Waals surface area contributed by atoms with Gasteiger partial charge in [0.25, 0.3) is 0 Å². The first-order chi connectivity index (χ1) is 8.95. The first-order valence-corrected chi connectivity index (χ1v) is 7.17. The second-order valence-corrected chi connectivity index (χ2v) is 5.71. The number of carbonyl (C=O) groups excluding carboxylic acids is 1. The van der Waals surface area contributed by atoms with Crippen LogP contribution in [0.3, 0.4) is 0 Å². The predicted molar refractivity (Wildman–Crippen MR) is 73.4 cm³/mol. The van der Waals surface area contributed by atoms with Crippen molar-refractivity contribution in [2.75, 3.05) is 0 Å². The SMILES string of the molecule is Cc1c(-c2ccccc2)ccc(S(N)(=O)=O)c1C=O. The summed E-state index contributed by atoms with van der Waals surface area (Å²) in [5, 5.41) is 5.10. The minimum atomic E-state index is -3.90. The maximum Gasteiger partial charge on any atom is 0.238 e. The molecule has 2 rings (SSSR count). The summed E-state index contributed by atoms with van der Waals surface area (Å²) in [6, 6.07) is 12.5. The van der Waals surface area contributed by atoms with E-state index in [9.17, 15) is 13.2 Å². The van der Waals surface area contributed by atoms with Crippen molar-refractivity contribution in [1.29, 1.82) is 0 Å². The molecule has 98 valence electrons. The molecule has 0 saturated heterocycles. The average molecular weight is 275 g/mol. The van der Waals surface area contributed by atoms with Gasteiger partial charge in [-0.2, -0.15) is 0 Å². The van der Waals surface area contributed by atoms with Gasteiger partial charge in [0.1, 0.15) is 0 Å². The number of sulfonamides is 1. The molecule has 5 heteroatoms. The molecule has 0 aliphatic rings. The maximum absolute atomic E-state index is 11.4.